The number of ketones is 1. The fourth-order valence-corrected chi connectivity index (χ4v) is 3.81. The van der Waals surface area contributed by atoms with Gasteiger partial charge in [-0.2, -0.15) is 0 Å². The van der Waals surface area contributed by atoms with Crippen LogP contribution in [0.3, 0.4) is 0 Å². The molecule has 0 atom stereocenters. The monoisotopic (exact) mass is 369 g/mol. The van der Waals surface area contributed by atoms with E-state index < -0.39 is 0 Å². The Balaban J connectivity index is 1.36. The van der Waals surface area contributed by atoms with E-state index in [9.17, 15) is 14.4 Å². The van der Waals surface area contributed by atoms with E-state index in [4.69, 9.17) is 0 Å². The van der Waals surface area contributed by atoms with Crippen LogP contribution in [0.4, 0.5) is 5.69 Å². The molecular weight excluding hydrogens is 350 g/mol. The van der Waals surface area contributed by atoms with Crippen LogP contribution >= 0.6 is 11.8 Å². The number of anilines is 1. The highest BCUT2D eigenvalue weighted by molar-refractivity contribution is 7.99. The molecule has 0 aliphatic heterocycles. The summed E-state index contributed by atoms with van der Waals surface area (Å²) in [6.07, 6.45) is 4.49. The highest BCUT2D eigenvalue weighted by atomic mass is 32.2. The van der Waals surface area contributed by atoms with Crippen LogP contribution in [-0.2, 0) is 17.6 Å². The SMILES string of the molecule is O=C(CSc1nc2c(c(=O)[nH]1)CCC2)c1ccc(NC(=O)C2CC2)cc1. The molecule has 0 unspecified atom stereocenters. The lowest BCUT2D eigenvalue weighted by Gasteiger charge is -2.06. The summed E-state index contributed by atoms with van der Waals surface area (Å²) in [5.41, 5.74) is 2.84. The molecule has 4 rings (SSSR count). The lowest BCUT2D eigenvalue weighted by Crippen LogP contribution is -2.15. The molecule has 0 spiro atoms. The Kier molecular flexibility index (Phi) is 4.63. The minimum atomic E-state index is -0.0850. The van der Waals surface area contributed by atoms with Gasteiger partial charge in [0.1, 0.15) is 0 Å². The van der Waals surface area contributed by atoms with Crippen molar-refractivity contribution in [3.05, 3.63) is 51.4 Å². The summed E-state index contributed by atoms with van der Waals surface area (Å²) in [6.45, 7) is 0. The number of benzene rings is 1. The second kappa shape index (κ2) is 7.07. The number of hydrogen-bond donors (Lipinski definition) is 2. The van der Waals surface area contributed by atoms with Crippen molar-refractivity contribution in [3.63, 3.8) is 0 Å². The molecule has 7 heteroatoms. The minimum absolute atomic E-state index is 0.0433. The number of hydrogen-bond acceptors (Lipinski definition) is 5. The number of aryl methyl sites for hydroxylation is 1. The second-order valence-electron chi connectivity index (χ2n) is 6.70. The van der Waals surface area contributed by atoms with Crippen molar-refractivity contribution in [1.29, 1.82) is 0 Å². The van der Waals surface area contributed by atoms with E-state index in [2.05, 4.69) is 15.3 Å². The van der Waals surface area contributed by atoms with Gasteiger partial charge in [-0.25, -0.2) is 4.98 Å². The lowest BCUT2D eigenvalue weighted by molar-refractivity contribution is -0.117. The molecule has 134 valence electrons. The Morgan fingerprint density at radius 1 is 1.19 bits per heavy atom. The summed E-state index contributed by atoms with van der Waals surface area (Å²) in [5.74, 6) is 0.356. The first-order valence-corrected chi connectivity index (χ1v) is 9.78. The quantitative estimate of drug-likeness (QED) is 0.464. The zero-order chi connectivity index (χ0) is 18.1. The summed E-state index contributed by atoms with van der Waals surface area (Å²) in [7, 11) is 0. The zero-order valence-electron chi connectivity index (χ0n) is 14.2. The van der Waals surface area contributed by atoms with Crippen LogP contribution in [-0.4, -0.2) is 27.4 Å². The maximum Gasteiger partial charge on any atom is 0.254 e. The number of rotatable bonds is 6. The molecule has 2 aliphatic carbocycles. The molecule has 1 aromatic heterocycles. The summed E-state index contributed by atoms with van der Waals surface area (Å²) < 4.78 is 0. The number of carbonyl (C=O) groups is 2. The van der Waals surface area contributed by atoms with E-state index in [0.29, 0.717) is 16.4 Å². The number of H-pyrrole nitrogens is 1. The molecule has 1 fully saturated rings. The van der Waals surface area contributed by atoms with Gasteiger partial charge in [0.05, 0.1) is 11.4 Å². The largest absolute Gasteiger partial charge is 0.326 e. The molecule has 2 N–H and O–H groups in total. The third-order valence-electron chi connectivity index (χ3n) is 4.68. The van der Waals surface area contributed by atoms with Crippen LogP contribution in [0.15, 0.2) is 34.2 Å². The fraction of sp³-hybridized carbons (Fsp3) is 0.368. The maximum atomic E-state index is 12.4. The van der Waals surface area contributed by atoms with Gasteiger partial charge in [0.2, 0.25) is 5.91 Å². The molecule has 1 heterocycles. The van der Waals surface area contributed by atoms with E-state index in [1.54, 1.807) is 24.3 Å². The Bertz CT molecular complexity index is 917. The van der Waals surface area contributed by atoms with E-state index in [1.165, 1.54) is 11.8 Å². The number of amides is 1. The number of aromatic nitrogens is 2. The van der Waals surface area contributed by atoms with Gasteiger partial charge < -0.3 is 10.3 Å². The van der Waals surface area contributed by atoms with Crippen molar-refractivity contribution >= 4 is 29.1 Å². The minimum Gasteiger partial charge on any atom is -0.326 e. The predicted molar refractivity (Wildman–Crippen MR) is 99.7 cm³/mol. The van der Waals surface area contributed by atoms with Crippen molar-refractivity contribution in [2.45, 2.75) is 37.3 Å². The molecule has 0 radical (unpaired) electrons. The van der Waals surface area contributed by atoms with Crippen LogP contribution in [0.25, 0.3) is 0 Å². The van der Waals surface area contributed by atoms with Crippen LogP contribution in [0.1, 0.15) is 40.9 Å². The van der Waals surface area contributed by atoms with Gasteiger partial charge in [-0.05, 0) is 56.4 Å². The van der Waals surface area contributed by atoms with E-state index >= 15 is 0 Å². The fourth-order valence-electron chi connectivity index (χ4n) is 3.03. The van der Waals surface area contributed by atoms with Gasteiger partial charge in [-0.1, -0.05) is 11.8 Å². The Labute approximate surface area is 154 Å². The molecule has 0 bridgehead atoms. The number of thioether (sulfide) groups is 1. The van der Waals surface area contributed by atoms with E-state index in [1.807, 2.05) is 0 Å². The molecule has 1 aromatic carbocycles. The number of nitrogens with one attached hydrogen (secondary N) is 2. The molecule has 0 saturated heterocycles. The van der Waals surface area contributed by atoms with Crippen molar-refractivity contribution in [1.82, 2.24) is 9.97 Å². The number of carbonyl (C=O) groups excluding carboxylic acids is 2. The van der Waals surface area contributed by atoms with Gasteiger partial charge in [0, 0.05) is 22.7 Å². The highest BCUT2D eigenvalue weighted by Crippen LogP contribution is 2.30. The van der Waals surface area contributed by atoms with Crippen molar-refractivity contribution in [2.75, 3.05) is 11.1 Å². The molecule has 1 saturated carbocycles. The summed E-state index contributed by atoms with van der Waals surface area (Å²) in [5, 5.41) is 3.35. The average molecular weight is 369 g/mol. The number of aromatic amines is 1. The normalized spacial score (nSPS) is 15.5. The Hall–Kier alpha value is -2.41. The predicted octanol–water partition coefficient (Wildman–Crippen LogP) is 2.58. The first-order valence-electron chi connectivity index (χ1n) is 8.79. The van der Waals surface area contributed by atoms with Crippen molar-refractivity contribution < 1.29 is 9.59 Å². The van der Waals surface area contributed by atoms with Crippen LogP contribution in [0.5, 0.6) is 0 Å². The molecule has 2 aliphatic rings. The van der Waals surface area contributed by atoms with Gasteiger partial charge in [0.25, 0.3) is 5.56 Å². The third-order valence-corrected chi connectivity index (χ3v) is 5.56. The average Bonchev–Trinajstić information content (AvgIpc) is 3.38. The third kappa shape index (κ3) is 3.72. The van der Waals surface area contributed by atoms with Crippen molar-refractivity contribution in [2.24, 2.45) is 5.92 Å². The maximum absolute atomic E-state index is 12.4. The first-order chi connectivity index (χ1) is 12.6. The Morgan fingerprint density at radius 3 is 2.69 bits per heavy atom. The summed E-state index contributed by atoms with van der Waals surface area (Å²) in [4.78, 5) is 43.3. The second-order valence-corrected chi connectivity index (χ2v) is 7.67. The molecule has 6 nitrogen and oxygen atoms in total. The van der Waals surface area contributed by atoms with Gasteiger partial charge in [-0.3, -0.25) is 14.4 Å². The van der Waals surface area contributed by atoms with Crippen molar-refractivity contribution in [3.8, 4) is 0 Å². The number of nitrogens with zero attached hydrogens (tertiary/aromatic N) is 1. The molecule has 26 heavy (non-hydrogen) atoms. The van der Waals surface area contributed by atoms with Crippen LogP contribution in [0, 0.1) is 5.92 Å². The van der Waals surface area contributed by atoms with Gasteiger partial charge >= 0.3 is 0 Å². The highest BCUT2D eigenvalue weighted by Gasteiger charge is 2.29. The van der Waals surface area contributed by atoms with Gasteiger partial charge in [0.15, 0.2) is 10.9 Å². The van der Waals surface area contributed by atoms with E-state index in [-0.39, 0.29) is 28.9 Å². The standard InChI is InChI=1S/C19H19N3O3S/c23-16(10-26-19-21-15-3-1-2-14(15)18(25)22-19)11-6-8-13(9-7-11)20-17(24)12-4-5-12/h6-9,12H,1-5,10H2,(H,20,24)(H,21,22,25). The smallest absolute Gasteiger partial charge is 0.254 e. The summed E-state index contributed by atoms with van der Waals surface area (Å²) >= 11 is 1.24. The first kappa shape index (κ1) is 17.0. The van der Waals surface area contributed by atoms with Gasteiger partial charge in [-0.15, -0.1) is 0 Å². The van der Waals surface area contributed by atoms with E-state index in [0.717, 1.165) is 43.4 Å². The zero-order valence-corrected chi connectivity index (χ0v) is 15.0. The lowest BCUT2D eigenvalue weighted by atomic mass is 10.1. The number of fused-ring (bicyclic) bond motifs is 1. The topological polar surface area (TPSA) is 91.9 Å². The number of Topliss-reactive ketones (excluding diaryl/α,β-unsaturated/α-hetero) is 1. The molecule has 2 aromatic rings. The Morgan fingerprint density at radius 2 is 1.96 bits per heavy atom. The van der Waals surface area contributed by atoms with Crippen LogP contribution in [0.2, 0.25) is 0 Å². The summed E-state index contributed by atoms with van der Waals surface area (Å²) in [6, 6.07) is 6.91. The molecule has 1 amide bonds. The van der Waals surface area contributed by atoms with Crippen LogP contribution < -0.4 is 10.9 Å². The molecular formula is C19H19N3O3S.